The summed E-state index contributed by atoms with van der Waals surface area (Å²) in [7, 11) is 3.75. The van der Waals surface area contributed by atoms with E-state index in [0.717, 1.165) is 37.2 Å². The first kappa shape index (κ1) is 13.2. The summed E-state index contributed by atoms with van der Waals surface area (Å²) in [6.45, 7) is 2.16. The van der Waals surface area contributed by atoms with Crippen LogP contribution in [-0.2, 0) is 6.61 Å². The lowest BCUT2D eigenvalue weighted by molar-refractivity contribution is 0.111. The Morgan fingerprint density at radius 1 is 1.28 bits per heavy atom. The van der Waals surface area contributed by atoms with Gasteiger partial charge >= 0.3 is 0 Å². The molecule has 18 heavy (non-hydrogen) atoms. The normalized spacial score (nSPS) is 17.7. The van der Waals surface area contributed by atoms with Gasteiger partial charge in [0.25, 0.3) is 0 Å². The Hall–Kier alpha value is -1.26. The molecule has 1 N–H and O–H groups in total. The lowest BCUT2D eigenvalue weighted by Gasteiger charge is -2.29. The number of aliphatic hydroxyl groups is 1. The Labute approximate surface area is 108 Å². The topological polar surface area (TPSA) is 41.9 Å². The van der Waals surface area contributed by atoms with Crippen LogP contribution in [-0.4, -0.2) is 43.4 Å². The zero-order valence-electron chi connectivity index (χ0n) is 11.1. The highest BCUT2D eigenvalue weighted by Crippen LogP contribution is 2.30. The van der Waals surface area contributed by atoms with E-state index in [1.807, 2.05) is 18.2 Å². The van der Waals surface area contributed by atoms with Gasteiger partial charge in [-0.25, -0.2) is 0 Å². The molecule has 1 saturated heterocycles. The number of hydrogen-bond donors (Lipinski definition) is 1. The summed E-state index contributed by atoms with van der Waals surface area (Å²) in [4.78, 5) is 2.31. The first-order valence-corrected chi connectivity index (χ1v) is 6.36. The Bertz CT molecular complexity index is 387. The number of piperidine rings is 1. The lowest BCUT2D eigenvalue weighted by Crippen LogP contribution is -2.35. The molecule has 0 bridgehead atoms. The molecule has 1 aliphatic heterocycles. The van der Waals surface area contributed by atoms with Crippen LogP contribution in [0.15, 0.2) is 18.2 Å². The maximum atomic E-state index is 9.10. The third-order valence-electron chi connectivity index (χ3n) is 3.37. The van der Waals surface area contributed by atoms with E-state index in [9.17, 15) is 0 Å². The van der Waals surface area contributed by atoms with Crippen LogP contribution in [0.4, 0.5) is 0 Å². The van der Waals surface area contributed by atoms with Crippen LogP contribution in [0.2, 0.25) is 0 Å². The number of aliphatic hydroxyl groups excluding tert-OH is 1. The van der Waals surface area contributed by atoms with Gasteiger partial charge in [0.2, 0.25) is 0 Å². The van der Waals surface area contributed by atoms with Gasteiger partial charge in [-0.15, -0.1) is 0 Å². The lowest BCUT2D eigenvalue weighted by atomic mass is 10.1. The van der Waals surface area contributed by atoms with Crippen molar-refractivity contribution in [3.63, 3.8) is 0 Å². The Morgan fingerprint density at radius 3 is 2.61 bits per heavy atom. The molecule has 0 saturated carbocycles. The molecule has 0 aromatic heterocycles. The van der Waals surface area contributed by atoms with Gasteiger partial charge in [0.05, 0.1) is 13.7 Å². The molecule has 1 aromatic rings. The first-order valence-electron chi connectivity index (χ1n) is 6.36. The molecule has 1 fully saturated rings. The van der Waals surface area contributed by atoms with Crippen LogP contribution in [0.1, 0.15) is 18.4 Å². The van der Waals surface area contributed by atoms with Crippen LogP contribution < -0.4 is 9.47 Å². The van der Waals surface area contributed by atoms with Crippen LogP contribution in [0.5, 0.6) is 11.5 Å². The van der Waals surface area contributed by atoms with Gasteiger partial charge in [0.1, 0.15) is 6.10 Å². The first-order chi connectivity index (χ1) is 8.72. The second kappa shape index (κ2) is 6.07. The number of nitrogens with zero attached hydrogens (tertiary/aromatic N) is 1. The predicted octanol–water partition coefficient (Wildman–Crippen LogP) is 1.66. The largest absolute Gasteiger partial charge is 0.493 e. The highest BCUT2D eigenvalue weighted by Gasteiger charge is 2.19. The molecule has 0 spiro atoms. The highest BCUT2D eigenvalue weighted by molar-refractivity contribution is 5.42. The molecule has 100 valence electrons. The molecule has 4 heteroatoms. The van der Waals surface area contributed by atoms with Crippen LogP contribution in [0.25, 0.3) is 0 Å². The van der Waals surface area contributed by atoms with Crippen LogP contribution in [0.3, 0.4) is 0 Å². The van der Waals surface area contributed by atoms with Crippen molar-refractivity contribution in [2.45, 2.75) is 25.6 Å². The fraction of sp³-hybridized carbons (Fsp3) is 0.571. The summed E-state index contributed by atoms with van der Waals surface area (Å²) in [6.07, 6.45) is 2.35. The molecule has 1 heterocycles. The third kappa shape index (κ3) is 3.15. The van der Waals surface area contributed by atoms with E-state index in [-0.39, 0.29) is 12.7 Å². The van der Waals surface area contributed by atoms with Gasteiger partial charge in [-0.2, -0.15) is 0 Å². The van der Waals surface area contributed by atoms with Crippen LogP contribution in [0, 0.1) is 0 Å². The van der Waals surface area contributed by atoms with Gasteiger partial charge in [-0.3, -0.25) is 0 Å². The molecule has 2 rings (SSSR count). The van der Waals surface area contributed by atoms with Gasteiger partial charge in [-0.05, 0) is 37.6 Å². The average molecular weight is 251 g/mol. The number of rotatable bonds is 4. The maximum Gasteiger partial charge on any atom is 0.161 e. The second-order valence-corrected chi connectivity index (χ2v) is 4.76. The zero-order chi connectivity index (χ0) is 13.0. The van der Waals surface area contributed by atoms with Crippen molar-refractivity contribution in [2.24, 2.45) is 0 Å². The van der Waals surface area contributed by atoms with Crippen molar-refractivity contribution in [3.05, 3.63) is 23.8 Å². The van der Waals surface area contributed by atoms with E-state index in [4.69, 9.17) is 14.6 Å². The minimum Gasteiger partial charge on any atom is -0.493 e. The monoisotopic (exact) mass is 251 g/mol. The van der Waals surface area contributed by atoms with Crippen LogP contribution >= 0.6 is 0 Å². The van der Waals surface area contributed by atoms with E-state index in [2.05, 4.69) is 11.9 Å². The maximum absolute atomic E-state index is 9.10. The van der Waals surface area contributed by atoms with E-state index in [1.165, 1.54) is 0 Å². The van der Waals surface area contributed by atoms with Crippen molar-refractivity contribution in [1.29, 1.82) is 0 Å². The Balaban J connectivity index is 2.04. The molecule has 0 amide bonds. The van der Waals surface area contributed by atoms with E-state index in [1.54, 1.807) is 7.11 Å². The fourth-order valence-electron chi connectivity index (χ4n) is 2.19. The third-order valence-corrected chi connectivity index (χ3v) is 3.37. The molecule has 1 aliphatic rings. The Morgan fingerprint density at radius 2 is 2.00 bits per heavy atom. The number of benzene rings is 1. The summed E-state index contributed by atoms with van der Waals surface area (Å²) in [5.74, 6) is 1.46. The number of likely N-dealkylation sites (tertiary alicyclic amines) is 1. The SMILES string of the molecule is COc1cc(CO)ccc1OC1CCN(C)CC1. The van der Waals surface area contributed by atoms with Gasteiger partial charge < -0.3 is 19.5 Å². The molecule has 0 aliphatic carbocycles. The molecule has 1 aromatic carbocycles. The van der Waals surface area contributed by atoms with E-state index < -0.39 is 0 Å². The van der Waals surface area contributed by atoms with Gasteiger partial charge in [0, 0.05) is 13.1 Å². The Kier molecular flexibility index (Phi) is 4.44. The molecule has 0 radical (unpaired) electrons. The molecule has 4 nitrogen and oxygen atoms in total. The summed E-state index contributed by atoms with van der Waals surface area (Å²) >= 11 is 0. The van der Waals surface area contributed by atoms with E-state index >= 15 is 0 Å². The molecular weight excluding hydrogens is 230 g/mol. The minimum absolute atomic E-state index is 0.0187. The average Bonchev–Trinajstić information content (AvgIpc) is 2.41. The van der Waals surface area contributed by atoms with E-state index in [0.29, 0.717) is 5.75 Å². The fourth-order valence-corrected chi connectivity index (χ4v) is 2.19. The number of methoxy groups -OCH3 is 1. The van der Waals surface area contributed by atoms with Gasteiger partial charge in [-0.1, -0.05) is 6.07 Å². The predicted molar refractivity (Wildman–Crippen MR) is 70.1 cm³/mol. The summed E-state index contributed by atoms with van der Waals surface area (Å²) in [5, 5.41) is 9.10. The van der Waals surface area contributed by atoms with Gasteiger partial charge in [0.15, 0.2) is 11.5 Å². The minimum atomic E-state index is 0.0187. The van der Waals surface area contributed by atoms with Crippen molar-refractivity contribution in [3.8, 4) is 11.5 Å². The van der Waals surface area contributed by atoms with Crippen molar-refractivity contribution < 1.29 is 14.6 Å². The molecular formula is C14H21NO3. The number of hydrogen-bond acceptors (Lipinski definition) is 4. The second-order valence-electron chi connectivity index (χ2n) is 4.76. The van der Waals surface area contributed by atoms with Crippen molar-refractivity contribution in [2.75, 3.05) is 27.2 Å². The number of ether oxygens (including phenoxy) is 2. The summed E-state index contributed by atoms with van der Waals surface area (Å²) in [5.41, 5.74) is 0.836. The van der Waals surface area contributed by atoms with Crippen molar-refractivity contribution >= 4 is 0 Å². The smallest absolute Gasteiger partial charge is 0.161 e. The summed E-state index contributed by atoms with van der Waals surface area (Å²) < 4.78 is 11.3. The molecule has 0 atom stereocenters. The highest BCUT2D eigenvalue weighted by atomic mass is 16.5. The summed E-state index contributed by atoms with van der Waals surface area (Å²) in [6, 6.07) is 5.57. The molecule has 0 unspecified atom stereocenters. The van der Waals surface area contributed by atoms with Crippen molar-refractivity contribution in [1.82, 2.24) is 4.90 Å². The standard InChI is InChI=1S/C14H21NO3/c1-15-7-5-12(6-8-15)18-13-4-3-11(10-16)9-14(13)17-2/h3-4,9,12,16H,5-8,10H2,1-2H3. The zero-order valence-corrected chi connectivity index (χ0v) is 11.1. The quantitative estimate of drug-likeness (QED) is 0.883.